The van der Waals surface area contributed by atoms with Crippen LogP contribution >= 0.6 is 24.8 Å². The number of thiophene rings is 1. The van der Waals surface area contributed by atoms with E-state index in [1.165, 1.54) is 4.88 Å². The Morgan fingerprint density at radius 1 is 1.25 bits per heavy atom. The van der Waals surface area contributed by atoms with Crippen molar-refractivity contribution >= 4 is 47.9 Å². The molecule has 3 heterocycles. The molecule has 7 nitrogen and oxygen atoms in total. The third-order valence-corrected chi connectivity index (χ3v) is 6.34. The first kappa shape index (κ1) is 23.9. The topological polar surface area (TPSA) is 83.7 Å². The van der Waals surface area contributed by atoms with Gasteiger partial charge in [0.2, 0.25) is 0 Å². The Bertz CT molecular complexity index is 1040. The molecule has 0 radical (unpaired) electrons. The first-order valence-corrected chi connectivity index (χ1v) is 11.2. The van der Waals surface area contributed by atoms with Crippen LogP contribution in [0.15, 0.2) is 54.0 Å². The zero-order chi connectivity index (χ0) is 21.8. The van der Waals surface area contributed by atoms with Gasteiger partial charge in [-0.2, -0.15) is 13.5 Å². The number of hydrogen-bond acceptors (Lipinski definition) is 7. The number of pyridine rings is 1. The van der Waals surface area contributed by atoms with E-state index in [1.54, 1.807) is 28.5 Å². The fourth-order valence-electron chi connectivity index (χ4n) is 3.70. The molecule has 9 heteroatoms. The number of rotatable bonds is 7. The van der Waals surface area contributed by atoms with Gasteiger partial charge in [-0.1, -0.05) is 12.1 Å². The maximum Gasteiger partial charge on any atom is 0.262 e. The van der Waals surface area contributed by atoms with Gasteiger partial charge in [0.25, 0.3) is 5.91 Å². The third kappa shape index (κ3) is 5.17. The Morgan fingerprint density at radius 2 is 2.09 bits per heavy atom. The van der Waals surface area contributed by atoms with Gasteiger partial charge in [0, 0.05) is 55.5 Å². The van der Waals surface area contributed by atoms with Crippen LogP contribution in [0.5, 0.6) is 5.75 Å². The zero-order valence-electron chi connectivity index (χ0n) is 18.2. The van der Waals surface area contributed by atoms with Gasteiger partial charge >= 0.3 is 0 Å². The lowest BCUT2D eigenvalue weighted by Crippen LogP contribution is -2.33. The molecule has 0 saturated heterocycles. The molecule has 1 aliphatic rings. The highest BCUT2D eigenvalue weighted by Gasteiger charge is 2.27. The van der Waals surface area contributed by atoms with Crippen LogP contribution in [0.4, 0.5) is 17.2 Å². The minimum atomic E-state index is -0.0889. The number of carbonyl (C=O) groups is 1. The number of likely N-dealkylation sites (N-methyl/N-ethyl adjacent to an activating group) is 1. The van der Waals surface area contributed by atoms with Crippen molar-refractivity contribution in [1.29, 1.82) is 0 Å². The van der Waals surface area contributed by atoms with E-state index < -0.39 is 0 Å². The van der Waals surface area contributed by atoms with Crippen molar-refractivity contribution in [3.05, 3.63) is 64.5 Å². The van der Waals surface area contributed by atoms with Crippen LogP contribution in [0.25, 0.3) is 0 Å². The summed E-state index contributed by atoms with van der Waals surface area (Å²) < 4.78 is 6.36. The minimum absolute atomic E-state index is 0. The van der Waals surface area contributed by atoms with Gasteiger partial charge in [-0.3, -0.25) is 4.79 Å². The fourth-order valence-corrected chi connectivity index (χ4v) is 4.49. The highest BCUT2D eigenvalue weighted by Crippen LogP contribution is 2.32. The Labute approximate surface area is 199 Å². The van der Waals surface area contributed by atoms with Crippen LogP contribution < -0.4 is 25.6 Å². The second kappa shape index (κ2) is 10.7. The maximum absolute atomic E-state index is 13.3. The molecule has 0 aliphatic carbocycles. The first-order valence-electron chi connectivity index (χ1n) is 10.3. The van der Waals surface area contributed by atoms with E-state index in [-0.39, 0.29) is 25.5 Å². The molecule has 32 heavy (non-hydrogen) atoms. The molecule has 0 unspecified atom stereocenters. The summed E-state index contributed by atoms with van der Waals surface area (Å²) in [4.78, 5) is 22.5. The number of aromatic nitrogens is 1. The highest BCUT2D eigenvalue weighted by atomic mass is 32.1. The number of nitrogens with two attached hydrogens (primary N) is 1. The number of benzene rings is 1. The first-order chi connectivity index (χ1) is 15.1. The van der Waals surface area contributed by atoms with Crippen molar-refractivity contribution < 1.29 is 9.53 Å². The van der Waals surface area contributed by atoms with Gasteiger partial charge in [-0.15, -0.1) is 11.3 Å². The summed E-state index contributed by atoms with van der Waals surface area (Å²) in [5.41, 5.74) is 8.00. The van der Waals surface area contributed by atoms with Crippen LogP contribution in [-0.4, -0.2) is 44.6 Å². The van der Waals surface area contributed by atoms with Crippen LogP contribution in [-0.2, 0) is 0 Å². The van der Waals surface area contributed by atoms with Gasteiger partial charge in [0.1, 0.15) is 17.7 Å². The van der Waals surface area contributed by atoms with Gasteiger partial charge in [-0.05, 0) is 37.2 Å². The van der Waals surface area contributed by atoms with E-state index in [2.05, 4.69) is 21.7 Å². The minimum Gasteiger partial charge on any atom is -0.485 e. The molecule has 0 fully saturated rings. The standard InChI is InChI=1S/C23H27N5O2S.H2S/c1-25-9-8-20(21-7-4-12-31-21)30-17-6-3-5-16(13-17)28-11-10-27(2)19-14-22(24)26-15-18(19)23(28)29;/h3-7,12-15,20,25H,8-11H2,1-2H3,(H2,24,26);1H2/t20-;/m0./s1. The Morgan fingerprint density at radius 3 is 2.84 bits per heavy atom. The molecular weight excluding hydrogens is 442 g/mol. The number of nitrogen functional groups attached to an aromatic ring is 1. The van der Waals surface area contributed by atoms with Crippen molar-refractivity contribution in [2.24, 2.45) is 0 Å². The van der Waals surface area contributed by atoms with E-state index in [9.17, 15) is 4.79 Å². The Hall–Kier alpha value is -2.75. The predicted molar refractivity (Wildman–Crippen MR) is 137 cm³/mol. The molecule has 2 aromatic heterocycles. The SMILES string of the molecule is CNCC[C@H](Oc1cccc(N2CCN(C)c3cc(N)ncc3C2=O)c1)c1cccs1.S. The summed E-state index contributed by atoms with van der Waals surface area (Å²) in [6.07, 6.45) is 2.38. The predicted octanol–water partition coefficient (Wildman–Crippen LogP) is 3.66. The molecular formula is C23H29N5O2S2. The van der Waals surface area contributed by atoms with Crippen molar-refractivity contribution in [1.82, 2.24) is 10.3 Å². The zero-order valence-corrected chi connectivity index (χ0v) is 20.1. The monoisotopic (exact) mass is 471 g/mol. The van der Waals surface area contributed by atoms with Gasteiger partial charge in [0.05, 0.1) is 11.3 Å². The summed E-state index contributed by atoms with van der Waals surface area (Å²) in [6, 6.07) is 13.6. The fraction of sp³-hybridized carbons (Fsp3) is 0.304. The summed E-state index contributed by atoms with van der Waals surface area (Å²) in [5.74, 6) is 1.06. The summed E-state index contributed by atoms with van der Waals surface area (Å²) in [6.45, 7) is 2.10. The quantitative estimate of drug-likeness (QED) is 0.547. The van der Waals surface area contributed by atoms with Gasteiger partial charge in [-0.25, -0.2) is 4.98 Å². The molecule has 3 N–H and O–H groups in total. The van der Waals surface area contributed by atoms with Crippen molar-refractivity contribution in [3.63, 3.8) is 0 Å². The highest BCUT2D eigenvalue weighted by molar-refractivity contribution is 7.59. The van der Waals surface area contributed by atoms with E-state index in [0.717, 1.165) is 30.1 Å². The van der Waals surface area contributed by atoms with Gasteiger partial charge in [0.15, 0.2) is 0 Å². The van der Waals surface area contributed by atoms with E-state index in [0.29, 0.717) is 24.5 Å². The van der Waals surface area contributed by atoms with Crippen LogP contribution in [0, 0.1) is 0 Å². The van der Waals surface area contributed by atoms with Crippen molar-refractivity contribution in [3.8, 4) is 5.75 Å². The lowest BCUT2D eigenvalue weighted by atomic mass is 10.1. The number of fused-ring (bicyclic) bond motifs is 1. The molecule has 1 aromatic carbocycles. The van der Waals surface area contributed by atoms with Crippen LogP contribution in [0.2, 0.25) is 0 Å². The Balaban J connectivity index is 0.00000289. The average molecular weight is 472 g/mol. The molecule has 1 aliphatic heterocycles. The largest absolute Gasteiger partial charge is 0.485 e. The second-order valence-electron chi connectivity index (χ2n) is 7.52. The average Bonchev–Trinajstić information content (AvgIpc) is 3.28. The maximum atomic E-state index is 13.3. The molecule has 1 atom stereocenters. The Kier molecular flexibility index (Phi) is 8.00. The van der Waals surface area contributed by atoms with E-state index in [4.69, 9.17) is 10.5 Å². The molecule has 170 valence electrons. The normalized spacial score (nSPS) is 14.4. The summed E-state index contributed by atoms with van der Waals surface area (Å²) in [7, 11) is 3.90. The number of amides is 1. The number of nitrogens with zero attached hydrogens (tertiary/aromatic N) is 3. The number of ether oxygens (including phenoxy) is 1. The van der Waals surface area contributed by atoms with Gasteiger partial charge < -0.3 is 25.6 Å². The summed E-state index contributed by atoms with van der Waals surface area (Å²) in [5, 5.41) is 5.25. The lowest BCUT2D eigenvalue weighted by Gasteiger charge is -2.23. The van der Waals surface area contributed by atoms with Crippen LogP contribution in [0.3, 0.4) is 0 Å². The summed E-state index contributed by atoms with van der Waals surface area (Å²) >= 11 is 1.69. The van der Waals surface area contributed by atoms with Crippen molar-refractivity contribution in [2.45, 2.75) is 12.5 Å². The van der Waals surface area contributed by atoms with E-state index >= 15 is 0 Å². The molecule has 4 rings (SSSR count). The van der Waals surface area contributed by atoms with E-state index in [1.807, 2.05) is 49.3 Å². The molecule has 1 amide bonds. The van der Waals surface area contributed by atoms with Crippen molar-refractivity contribution in [2.75, 3.05) is 49.3 Å². The lowest BCUT2D eigenvalue weighted by molar-refractivity contribution is 0.0990. The molecule has 0 spiro atoms. The molecule has 3 aromatic rings. The number of anilines is 3. The third-order valence-electron chi connectivity index (χ3n) is 5.37. The number of nitrogens with one attached hydrogen (secondary N) is 1. The number of hydrogen-bond donors (Lipinski definition) is 2. The number of carbonyl (C=O) groups excluding carboxylic acids is 1. The molecule has 0 bridgehead atoms. The second-order valence-corrected chi connectivity index (χ2v) is 8.50. The molecule has 0 saturated carbocycles. The smallest absolute Gasteiger partial charge is 0.262 e. The van der Waals surface area contributed by atoms with Crippen LogP contribution in [0.1, 0.15) is 27.8 Å².